The van der Waals surface area contributed by atoms with Crippen LogP contribution in [0.1, 0.15) is 54.8 Å². The highest BCUT2D eigenvalue weighted by Gasteiger charge is 2.21. The molecule has 1 aromatic heterocycles. The van der Waals surface area contributed by atoms with Crippen LogP contribution < -0.4 is 5.73 Å². The normalized spacial score (nSPS) is 14.0. The Balaban J connectivity index is 0.000000295. The van der Waals surface area contributed by atoms with Crippen molar-refractivity contribution in [3.63, 3.8) is 0 Å². The Bertz CT molecular complexity index is 494. The molecule has 2 rings (SSSR count). The number of likely N-dealkylation sites (tertiary alicyclic amines) is 1. The fourth-order valence-electron chi connectivity index (χ4n) is 2.22. The van der Waals surface area contributed by atoms with Crippen LogP contribution in [0.25, 0.3) is 0 Å². The third-order valence-corrected chi connectivity index (χ3v) is 4.42. The van der Waals surface area contributed by atoms with Gasteiger partial charge in [0, 0.05) is 19.5 Å². The molecule has 0 bridgehead atoms. The third kappa shape index (κ3) is 5.67. The Hall–Kier alpha value is -1.56. The van der Waals surface area contributed by atoms with E-state index >= 15 is 0 Å². The quantitative estimate of drug-likeness (QED) is 0.866. The maximum Gasteiger partial charge on any atom is 0.305 e. The van der Waals surface area contributed by atoms with E-state index in [1.165, 1.54) is 17.8 Å². The molecule has 1 fully saturated rings. The van der Waals surface area contributed by atoms with Crippen molar-refractivity contribution >= 4 is 28.2 Å². The summed E-state index contributed by atoms with van der Waals surface area (Å²) in [5, 5.41) is 0.729. The Morgan fingerprint density at radius 1 is 1.27 bits per heavy atom. The van der Waals surface area contributed by atoms with Crippen LogP contribution in [0.4, 0.5) is 5.00 Å². The lowest BCUT2D eigenvalue weighted by atomic mass is 10.1. The first-order valence-electron chi connectivity index (χ1n) is 7.80. The zero-order valence-electron chi connectivity index (χ0n) is 13.7. The summed E-state index contributed by atoms with van der Waals surface area (Å²) < 4.78 is 4.55. The molecule has 1 aromatic rings. The number of esters is 1. The minimum Gasteiger partial charge on any atom is -0.466 e. The van der Waals surface area contributed by atoms with Gasteiger partial charge in [-0.2, -0.15) is 0 Å². The number of hydrogen-bond donors (Lipinski definition) is 1. The molecular formula is C16H26N2O3S. The Morgan fingerprint density at radius 3 is 2.32 bits per heavy atom. The Kier molecular flexibility index (Phi) is 7.95. The first-order valence-corrected chi connectivity index (χ1v) is 8.62. The van der Waals surface area contributed by atoms with E-state index in [0.717, 1.165) is 41.4 Å². The summed E-state index contributed by atoms with van der Waals surface area (Å²) >= 11 is 1.40. The summed E-state index contributed by atoms with van der Waals surface area (Å²) in [5.41, 5.74) is 6.70. The van der Waals surface area contributed by atoms with Crippen LogP contribution >= 0.6 is 11.3 Å². The molecule has 1 aliphatic heterocycles. The van der Waals surface area contributed by atoms with Gasteiger partial charge in [0.25, 0.3) is 5.91 Å². The third-order valence-electron chi connectivity index (χ3n) is 3.37. The van der Waals surface area contributed by atoms with E-state index in [1.54, 1.807) is 13.8 Å². The highest BCUT2D eigenvalue weighted by molar-refractivity contribution is 7.17. The molecule has 0 radical (unpaired) electrons. The number of ether oxygens (including phenoxy) is 1. The number of piperidine rings is 1. The highest BCUT2D eigenvalue weighted by Crippen LogP contribution is 2.26. The number of carbonyl (C=O) groups excluding carboxylic acids is 2. The summed E-state index contributed by atoms with van der Waals surface area (Å²) in [6.07, 6.45) is 3.99. The molecule has 0 saturated carbocycles. The molecule has 22 heavy (non-hydrogen) atoms. The van der Waals surface area contributed by atoms with Crippen molar-refractivity contribution in [2.24, 2.45) is 0 Å². The molecule has 1 saturated heterocycles. The van der Waals surface area contributed by atoms with Crippen LogP contribution in [-0.2, 0) is 9.53 Å². The zero-order valence-corrected chi connectivity index (χ0v) is 14.5. The molecule has 0 aromatic carbocycles. The van der Waals surface area contributed by atoms with Crippen molar-refractivity contribution in [2.45, 2.75) is 46.5 Å². The van der Waals surface area contributed by atoms with E-state index in [2.05, 4.69) is 4.74 Å². The van der Waals surface area contributed by atoms with E-state index in [1.807, 2.05) is 17.9 Å². The average Bonchev–Trinajstić information content (AvgIpc) is 2.87. The number of rotatable bonds is 3. The van der Waals surface area contributed by atoms with Gasteiger partial charge in [0.2, 0.25) is 0 Å². The molecule has 6 heteroatoms. The van der Waals surface area contributed by atoms with Gasteiger partial charge in [0.1, 0.15) is 0 Å². The maximum absolute atomic E-state index is 12.1. The summed E-state index contributed by atoms with van der Waals surface area (Å²) in [7, 11) is 0. The van der Waals surface area contributed by atoms with Crippen LogP contribution in [0.15, 0.2) is 6.07 Å². The summed E-state index contributed by atoms with van der Waals surface area (Å²) in [5.74, 6) is 0.0383. The predicted octanol–water partition coefficient (Wildman–Crippen LogP) is 3.22. The number of carbonyl (C=O) groups is 2. The van der Waals surface area contributed by atoms with Gasteiger partial charge < -0.3 is 15.4 Å². The fraction of sp³-hybridized carbons (Fsp3) is 0.625. The second-order valence-electron chi connectivity index (χ2n) is 5.17. The van der Waals surface area contributed by atoms with Crippen molar-refractivity contribution in [1.82, 2.24) is 4.90 Å². The Labute approximate surface area is 136 Å². The van der Waals surface area contributed by atoms with E-state index in [0.29, 0.717) is 13.0 Å². The van der Waals surface area contributed by atoms with Gasteiger partial charge >= 0.3 is 5.97 Å². The fourth-order valence-corrected chi connectivity index (χ4v) is 3.13. The van der Waals surface area contributed by atoms with Gasteiger partial charge in [-0.1, -0.05) is 6.92 Å². The second-order valence-corrected chi connectivity index (χ2v) is 6.26. The number of nitrogen functional groups attached to an aromatic ring is 1. The lowest BCUT2D eigenvalue weighted by Gasteiger charge is -2.26. The SMILES string of the molecule is CCOC(=O)CC.Cc1cc(N)sc1C(=O)N1CCCCC1. The van der Waals surface area contributed by atoms with Crippen LogP contribution in [0, 0.1) is 6.92 Å². The van der Waals surface area contributed by atoms with Gasteiger partial charge in [-0.3, -0.25) is 9.59 Å². The first kappa shape index (κ1) is 18.5. The van der Waals surface area contributed by atoms with Gasteiger partial charge in [-0.25, -0.2) is 0 Å². The molecular weight excluding hydrogens is 300 g/mol. The largest absolute Gasteiger partial charge is 0.466 e. The van der Waals surface area contributed by atoms with Crippen molar-refractivity contribution in [1.29, 1.82) is 0 Å². The maximum atomic E-state index is 12.1. The lowest BCUT2D eigenvalue weighted by Crippen LogP contribution is -2.35. The molecule has 1 amide bonds. The highest BCUT2D eigenvalue weighted by atomic mass is 32.1. The smallest absolute Gasteiger partial charge is 0.305 e. The number of aryl methyl sites for hydroxylation is 1. The summed E-state index contributed by atoms with van der Waals surface area (Å²) in [4.78, 5) is 25.1. The minimum atomic E-state index is -0.123. The number of thiophene rings is 1. The summed E-state index contributed by atoms with van der Waals surface area (Å²) in [6.45, 7) is 7.81. The second kappa shape index (κ2) is 9.46. The van der Waals surface area contributed by atoms with Crippen molar-refractivity contribution in [3.8, 4) is 0 Å². The number of nitrogens with two attached hydrogens (primary N) is 1. The van der Waals surface area contributed by atoms with E-state index in [9.17, 15) is 9.59 Å². The number of anilines is 1. The number of amides is 1. The lowest BCUT2D eigenvalue weighted by molar-refractivity contribution is -0.142. The van der Waals surface area contributed by atoms with Gasteiger partial charge in [0.05, 0.1) is 16.5 Å². The van der Waals surface area contributed by atoms with Crippen LogP contribution in [0.5, 0.6) is 0 Å². The number of nitrogens with zero attached hydrogens (tertiary/aromatic N) is 1. The predicted molar refractivity (Wildman–Crippen MR) is 90.1 cm³/mol. The van der Waals surface area contributed by atoms with Crippen molar-refractivity contribution in [3.05, 3.63) is 16.5 Å². The van der Waals surface area contributed by atoms with E-state index in [-0.39, 0.29) is 11.9 Å². The molecule has 5 nitrogen and oxygen atoms in total. The summed E-state index contributed by atoms with van der Waals surface area (Å²) in [6, 6.07) is 1.88. The zero-order chi connectivity index (χ0) is 16.5. The van der Waals surface area contributed by atoms with E-state index < -0.39 is 0 Å². The average molecular weight is 326 g/mol. The first-order chi connectivity index (χ1) is 10.5. The standard InChI is InChI=1S/C11H16N2OS.C5H10O2/c1-8-7-9(12)15-10(8)11(14)13-5-3-2-4-6-13;1-3-5(6)7-4-2/h7H,2-6,12H2,1H3;3-4H2,1-2H3. The minimum absolute atomic E-state index is 0.123. The molecule has 0 atom stereocenters. The monoisotopic (exact) mass is 326 g/mol. The van der Waals surface area contributed by atoms with Crippen molar-refractivity contribution < 1.29 is 14.3 Å². The topological polar surface area (TPSA) is 72.6 Å². The Morgan fingerprint density at radius 2 is 1.91 bits per heavy atom. The van der Waals surface area contributed by atoms with Crippen LogP contribution in [0.2, 0.25) is 0 Å². The molecule has 0 aliphatic carbocycles. The molecule has 2 heterocycles. The van der Waals surface area contributed by atoms with E-state index in [4.69, 9.17) is 5.73 Å². The van der Waals surface area contributed by atoms with Crippen LogP contribution in [-0.4, -0.2) is 36.5 Å². The number of hydrogen-bond acceptors (Lipinski definition) is 5. The van der Waals surface area contributed by atoms with Gasteiger partial charge in [0.15, 0.2) is 0 Å². The molecule has 0 spiro atoms. The molecule has 124 valence electrons. The van der Waals surface area contributed by atoms with Crippen LogP contribution in [0.3, 0.4) is 0 Å². The van der Waals surface area contributed by atoms with Gasteiger partial charge in [-0.15, -0.1) is 11.3 Å². The van der Waals surface area contributed by atoms with Crippen molar-refractivity contribution in [2.75, 3.05) is 25.4 Å². The molecule has 0 unspecified atom stereocenters. The molecule has 1 aliphatic rings. The molecule has 2 N–H and O–H groups in total. The van der Waals surface area contributed by atoms with Gasteiger partial charge in [-0.05, 0) is 44.7 Å².